The van der Waals surface area contributed by atoms with Crippen molar-refractivity contribution in [2.24, 2.45) is 5.92 Å². The maximum atomic E-state index is 12.4. The summed E-state index contributed by atoms with van der Waals surface area (Å²) >= 11 is 0. The normalized spacial score (nSPS) is 29.2. The second-order valence-electron chi connectivity index (χ2n) is 7.44. The van der Waals surface area contributed by atoms with Gasteiger partial charge in [-0.15, -0.1) is 0 Å². The summed E-state index contributed by atoms with van der Waals surface area (Å²) in [4.78, 5) is 12.4. The summed E-state index contributed by atoms with van der Waals surface area (Å²) < 4.78 is 1.88. The Labute approximate surface area is 126 Å². The van der Waals surface area contributed by atoms with Crippen LogP contribution in [-0.4, -0.2) is 27.8 Å². The molecule has 0 radical (unpaired) electrons. The van der Waals surface area contributed by atoms with Gasteiger partial charge < -0.3 is 10.6 Å². The molecule has 5 nitrogen and oxygen atoms in total. The van der Waals surface area contributed by atoms with Gasteiger partial charge in [0, 0.05) is 12.2 Å². The van der Waals surface area contributed by atoms with Crippen LogP contribution in [0.5, 0.6) is 0 Å². The highest BCUT2D eigenvalue weighted by atomic mass is 16.2. The number of rotatable bonds is 2. The summed E-state index contributed by atoms with van der Waals surface area (Å²) in [6, 6.07) is 0.503. The van der Waals surface area contributed by atoms with Crippen LogP contribution < -0.4 is 10.6 Å². The first-order valence-corrected chi connectivity index (χ1v) is 8.05. The molecule has 0 aromatic carbocycles. The van der Waals surface area contributed by atoms with Crippen molar-refractivity contribution in [2.75, 3.05) is 5.32 Å². The van der Waals surface area contributed by atoms with Crippen LogP contribution in [0.2, 0.25) is 0 Å². The predicted molar refractivity (Wildman–Crippen MR) is 83.1 cm³/mol. The second kappa shape index (κ2) is 5.44. The molecule has 5 heteroatoms. The molecule has 1 aromatic heterocycles. The largest absolute Gasteiger partial charge is 0.322 e. The zero-order chi connectivity index (χ0) is 15.0. The average molecular weight is 290 g/mol. The van der Waals surface area contributed by atoms with Crippen molar-refractivity contribution in [1.29, 1.82) is 0 Å². The van der Waals surface area contributed by atoms with Crippen LogP contribution in [0.15, 0.2) is 12.4 Å². The van der Waals surface area contributed by atoms with Gasteiger partial charge in [-0.2, -0.15) is 5.10 Å². The van der Waals surface area contributed by atoms with Crippen LogP contribution >= 0.6 is 0 Å². The van der Waals surface area contributed by atoms with Gasteiger partial charge in [-0.1, -0.05) is 12.8 Å². The lowest BCUT2D eigenvalue weighted by Gasteiger charge is -2.24. The molecule has 2 N–H and O–H groups in total. The van der Waals surface area contributed by atoms with E-state index in [9.17, 15) is 4.79 Å². The van der Waals surface area contributed by atoms with Gasteiger partial charge in [0.05, 0.1) is 23.5 Å². The Kier molecular flexibility index (Phi) is 3.78. The molecule has 0 unspecified atom stereocenters. The third-order valence-corrected chi connectivity index (χ3v) is 4.72. The Bertz CT molecular complexity index is 503. The van der Waals surface area contributed by atoms with E-state index in [-0.39, 0.29) is 17.5 Å². The number of hydrogen-bond acceptors (Lipinski definition) is 3. The van der Waals surface area contributed by atoms with Crippen molar-refractivity contribution >= 4 is 11.6 Å². The fraction of sp³-hybridized carbons (Fsp3) is 0.750. The SMILES string of the molecule is CC(C)(C)n1cc(NC(=O)[C@@H]2C[C@@H]3CCCC[C@@H]3N2)cn1. The van der Waals surface area contributed by atoms with E-state index in [1.165, 1.54) is 25.7 Å². The molecule has 2 heterocycles. The third kappa shape index (κ3) is 3.12. The summed E-state index contributed by atoms with van der Waals surface area (Å²) in [5.74, 6) is 0.768. The zero-order valence-electron chi connectivity index (χ0n) is 13.2. The summed E-state index contributed by atoms with van der Waals surface area (Å²) in [6.07, 6.45) is 9.70. The van der Waals surface area contributed by atoms with Crippen LogP contribution in [0.25, 0.3) is 0 Å². The molecule has 1 saturated carbocycles. The van der Waals surface area contributed by atoms with E-state index in [2.05, 4.69) is 36.5 Å². The summed E-state index contributed by atoms with van der Waals surface area (Å²) in [6.45, 7) is 6.28. The predicted octanol–water partition coefficient (Wildman–Crippen LogP) is 2.50. The minimum absolute atomic E-state index is 0.0453. The lowest BCUT2D eigenvalue weighted by Crippen LogP contribution is -2.39. The van der Waals surface area contributed by atoms with E-state index in [0.29, 0.717) is 12.0 Å². The van der Waals surface area contributed by atoms with Crippen LogP contribution in [0.1, 0.15) is 52.9 Å². The summed E-state index contributed by atoms with van der Waals surface area (Å²) in [7, 11) is 0. The molecule has 1 saturated heterocycles. The Hall–Kier alpha value is -1.36. The summed E-state index contributed by atoms with van der Waals surface area (Å²) in [5.41, 5.74) is 0.718. The van der Waals surface area contributed by atoms with E-state index in [4.69, 9.17) is 0 Å². The molecule has 21 heavy (non-hydrogen) atoms. The fourth-order valence-corrected chi connectivity index (χ4v) is 3.50. The second-order valence-corrected chi connectivity index (χ2v) is 7.44. The minimum atomic E-state index is -0.0659. The molecule has 1 aromatic rings. The first kappa shape index (κ1) is 14.6. The zero-order valence-corrected chi connectivity index (χ0v) is 13.2. The van der Waals surface area contributed by atoms with E-state index in [0.717, 1.165) is 12.1 Å². The highest BCUT2D eigenvalue weighted by Crippen LogP contribution is 2.33. The molecule has 2 aliphatic rings. The molecule has 0 spiro atoms. The third-order valence-electron chi connectivity index (χ3n) is 4.72. The standard InChI is InChI=1S/C16H26N4O/c1-16(2,3)20-10-12(9-17-20)18-15(21)14-8-11-6-4-5-7-13(11)19-14/h9-11,13-14,19H,4-8H2,1-3H3,(H,18,21)/t11-,13-,14-/m0/s1. The highest BCUT2D eigenvalue weighted by Gasteiger charge is 2.38. The van der Waals surface area contributed by atoms with Crippen molar-refractivity contribution in [3.63, 3.8) is 0 Å². The van der Waals surface area contributed by atoms with E-state index in [1.54, 1.807) is 6.20 Å². The Morgan fingerprint density at radius 1 is 1.38 bits per heavy atom. The van der Waals surface area contributed by atoms with E-state index in [1.807, 2.05) is 10.9 Å². The van der Waals surface area contributed by atoms with E-state index >= 15 is 0 Å². The van der Waals surface area contributed by atoms with Gasteiger partial charge in [0.25, 0.3) is 0 Å². The first-order chi connectivity index (χ1) is 9.93. The number of nitrogens with one attached hydrogen (secondary N) is 2. The topological polar surface area (TPSA) is 59.0 Å². The van der Waals surface area contributed by atoms with Crippen molar-refractivity contribution in [3.8, 4) is 0 Å². The van der Waals surface area contributed by atoms with Crippen molar-refractivity contribution < 1.29 is 4.79 Å². The van der Waals surface area contributed by atoms with Crippen LogP contribution in [0, 0.1) is 5.92 Å². The Morgan fingerprint density at radius 3 is 2.81 bits per heavy atom. The van der Waals surface area contributed by atoms with Gasteiger partial charge in [0.1, 0.15) is 0 Å². The number of fused-ring (bicyclic) bond motifs is 1. The summed E-state index contributed by atoms with van der Waals surface area (Å²) in [5, 5.41) is 10.8. The monoisotopic (exact) mass is 290 g/mol. The first-order valence-electron chi connectivity index (χ1n) is 8.05. The molecule has 116 valence electrons. The van der Waals surface area contributed by atoms with E-state index < -0.39 is 0 Å². The minimum Gasteiger partial charge on any atom is -0.322 e. The fourth-order valence-electron chi connectivity index (χ4n) is 3.50. The maximum absolute atomic E-state index is 12.4. The molecule has 0 bridgehead atoms. The van der Waals surface area contributed by atoms with Gasteiger partial charge in [0.15, 0.2) is 0 Å². The smallest absolute Gasteiger partial charge is 0.241 e. The number of amides is 1. The van der Waals surface area contributed by atoms with Gasteiger partial charge in [-0.3, -0.25) is 9.48 Å². The van der Waals surface area contributed by atoms with Crippen molar-refractivity contribution in [2.45, 2.75) is 70.5 Å². The van der Waals surface area contributed by atoms with Crippen LogP contribution in [0.3, 0.4) is 0 Å². The Balaban J connectivity index is 1.60. The van der Waals surface area contributed by atoms with Crippen molar-refractivity contribution in [3.05, 3.63) is 12.4 Å². The molecule has 1 aliphatic carbocycles. The maximum Gasteiger partial charge on any atom is 0.241 e. The number of carbonyl (C=O) groups is 1. The Morgan fingerprint density at radius 2 is 2.14 bits per heavy atom. The van der Waals surface area contributed by atoms with Gasteiger partial charge in [-0.25, -0.2) is 0 Å². The number of aromatic nitrogens is 2. The van der Waals surface area contributed by atoms with Gasteiger partial charge in [-0.05, 0) is 46.0 Å². The number of carbonyl (C=O) groups excluding carboxylic acids is 1. The van der Waals surface area contributed by atoms with Crippen LogP contribution in [-0.2, 0) is 10.3 Å². The van der Waals surface area contributed by atoms with Crippen LogP contribution in [0.4, 0.5) is 5.69 Å². The average Bonchev–Trinajstić information content (AvgIpc) is 3.03. The molecule has 2 fully saturated rings. The molecule has 3 atom stereocenters. The number of hydrogen-bond donors (Lipinski definition) is 2. The lowest BCUT2D eigenvalue weighted by molar-refractivity contribution is -0.117. The van der Waals surface area contributed by atoms with Crippen molar-refractivity contribution in [1.82, 2.24) is 15.1 Å². The quantitative estimate of drug-likeness (QED) is 0.880. The number of anilines is 1. The molecular weight excluding hydrogens is 264 g/mol. The molecular formula is C16H26N4O. The molecule has 1 amide bonds. The molecule has 1 aliphatic heterocycles. The van der Waals surface area contributed by atoms with Gasteiger partial charge >= 0.3 is 0 Å². The highest BCUT2D eigenvalue weighted by molar-refractivity contribution is 5.94. The van der Waals surface area contributed by atoms with Gasteiger partial charge in [0.2, 0.25) is 5.91 Å². The lowest BCUT2D eigenvalue weighted by atomic mass is 9.85. The molecule has 3 rings (SSSR count). The number of nitrogens with zero attached hydrogens (tertiary/aromatic N) is 2.